The van der Waals surface area contributed by atoms with Crippen LogP contribution < -0.4 is 6.14 Å². The molecule has 0 aromatic heterocycles. The van der Waals surface area contributed by atoms with Crippen LogP contribution in [0.5, 0.6) is 5.75 Å². The molecule has 10 heteroatoms. The van der Waals surface area contributed by atoms with Crippen molar-refractivity contribution in [2.75, 3.05) is 0 Å². The summed E-state index contributed by atoms with van der Waals surface area (Å²) in [4.78, 5) is 20.2. The van der Waals surface area contributed by atoms with Crippen LogP contribution in [0.15, 0.2) is 42.5 Å². The Labute approximate surface area is 163 Å². The quantitative estimate of drug-likeness (QED) is 0.286. The van der Waals surface area contributed by atoms with Crippen molar-refractivity contribution in [1.82, 2.24) is 0 Å². The van der Waals surface area contributed by atoms with Gasteiger partial charge in [-0.1, -0.05) is 0 Å². The van der Waals surface area contributed by atoms with E-state index in [1.165, 1.54) is 18.2 Å². The summed E-state index contributed by atoms with van der Waals surface area (Å²) < 4.78 is 1.74. The van der Waals surface area contributed by atoms with Gasteiger partial charge in [-0.25, -0.2) is 0 Å². The number of nitro groups is 1. The second-order valence-electron chi connectivity index (χ2n) is 4.34. The third kappa shape index (κ3) is 6.91. The summed E-state index contributed by atoms with van der Waals surface area (Å²) in [5, 5.41) is 28.0. The normalized spacial score (nSPS) is 8.96. The van der Waals surface area contributed by atoms with Crippen molar-refractivity contribution in [1.29, 1.82) is 0 Å². The van der Waals surface area contributed by atoms with Gasteiger partial charge in [0.2, 0.25) is 0 Å². The molecule has 0 saturated heterocycles. The van der Waals surface area contributed by atoms with E-state index >= 15 is 0 Å². The molecule has 0 amide bonds. The molecule has 114 valence electrons. The van der Waals surface area contributed by atoms with Crippen LogP contribution in [-0.4, -0.2) is 21.1 Å². The zero-order valence-electron chi connectivity index (χ0n) is 11.8. The topological polar surface area (TPSA) is 101 Å². The van der Waals surface area contributed by atoms with Crippen molar-refractivity contribution in [3.05, 3.63) is 58.1 Å². The van der Waals surface area contributed by atoms with E-state index in [1.54, 1.807) is 24.3 Å². The molecule has 0 unspecified atom stereocenters. The SMILES string of the molecule is O=C(O)c1cc[c]([Hg][Cl])cc1.O=[N+]([O-])c1ccc(O)[c]([Hg][Cl])c1. The molecule has 23 heavy (non-hydrogen) atoms. The summed E-state index contributed by atoms with van der Waals surface area (Å²) in [6.45, 7) is 0. The van der Waals surface area contributed by atoms with Gasteiger partial charge in [0.25, 0.3) is 0 Å². The van der Waals surface area contributed by atoms with Gasteiger partial charge in [0.05, 0.1) is 0 Å². The van der Waals surface area contributed by atoms with Crippen molar-refractivity contribution < 1.29 is 66.6 Å². The molecule has 0 atom stereocenters. The van der Waals surface area contributed by atoms with Crippen LogP contribution in [0.25, 0.3) is 0 Å². The zero-order valence-corrected chi connectivity index (χ0v) is 24.3. The number of aromatic hydroxyl groups is 1. The molecule has 0 spiro atoms. The summed E-state index contributed by atoms with van der Waals surface area (Å²) in [7, 11) is 11.4. The molecule has 2 aromatic carbocycles. The number of rotatable bonds is 4. The molecule has 0 aliphatic heterocycles. The average Bonchev–Trinajstić information content (AvgIpc) is 2.55. The van der Waals surface area contributed by atoms with E-state index in [9.17, 15) is 14.9 Å². The van der Waals surface area contributed by atoms with Crippen LogP contribution in [0, 0.1) is 10.1 Å². The average molecular weight is 731 g/mol. The van der Waals surface area contributed by atoms with Crippen LogP contribution in [-0.2, 0) is 46.7 Å². The van der Waals surface area contributed by atoms with E-state index in [2.05, 4.69) is 0 Å². The van der Waals surface area contributed by atoms with Gasteiger partial charge in [0.1, 0.15) is 0 Å². The van der Waals surface area contributed by atoms with E-state index in [4.69, 9.17) is 26.7 Å². The number of phenolic OH excluding ortho intramolecular Hbond substituents is 1. The third-order valence-corrected chi connectivity index (χ3v) is 14.4. The molecule has 0 heterocycles. The van der Waals surface area contributed by atoms with Gasteiger partial charge in [-0.05, 0) is 0 Å². The summed E-state index contributed by atoms with van der Waals surface area (Å²) in [6.07, 6.45) is 0. The van der Waals surface area contributed by atoms with Gasteiger partial charge in [-0.3, -0.25) is 0 Å². The second kappa shape index (κ2) is 10.4. The number of carbonyl (C=O) groups is 1. The standard InChI is InChI=1S/C7H5O2.C6H4NO3.2ClH.2Hg/c8-7(9)6-4-2-1-3-5-6;8-6-3-1-5(2-4-6)7(9)10;;;;/h2-5H,(H,8,9);1-3,8H;2*1H;;/q;;;;2*+1/p-2. The Morgan fingerprint density at radius 1 is 1.09 bits per heavy atom. The number of benzene rings is 2. The van der Waals surface area contributed by atoms with Gasteiger partial charge in [-0.2, -0.15) is 0 Å². The fourth-order valence-corrected chi connectivity index (χ4v) is 8.68. The van der Waals surface area contributed by atoms with Crippen molar-refractivity contribution >= 4 is 34.3 Å². The van der Waals surface area contributed by atoms with Gasteiger partial charge in [0.15, 0.2) is 0 Å². The molecule has 2 rings (SSSR count). The molecule has 0 saturated carbocycles. The number of nitrogens with zero attached hydrogens (tertiary/aromatic N) is 1. The Morgan fingerprint density at radius 2 is 1.70 bits per heavy atom. The van der Waals surface area contributed by atoms with Crippen LogP contribution in [0.3, 0.4) is 0 Å². The molecule has 2 N–H and O–H groups in total. The molecule has 0 aliphatic carbocycles. The maximum absolute atomic E-state index is 10.4. The molecule has 2 aromatic rings. The Hall–Kier alpha value is -0.440. The summed E-state index contributed by atoms with van der Waals surface area (Å²) in [6, 6.07) is 10.7. The third-order valence-electron chi connectivity index (χ3n) is 2.77. The predicted octanol–water partition coefficient (Wildman–Crippen LogP) is 2.41. The predicted molar refractivity (Wildman–Crippen MR) is 79.1 cm³/mol. The van der Waals surface area contributed by atoms with Crippen molar-refractivity contribution in [2.24, 2.45) is 0 Å². The Morgan fingerprint density at radius 3 is 2.13 bits per heavy atom. The molecular formula is C13H9Cl2Hg2NO5. The molecule has 0 radical (unpaired) electrons. The Kier molecular flexibility index (Phi) is 9.34. The first kappa shape index (κ1) is 20.6. The zero-order chi connectivity index (χ0) is 17.4. The Balaban J connectivity index is 0.000000231. The number of non-ortho nitro benzene ring substituents is 1. The van der Waals surface area contributed by atoms with E-state index in [0.717, 1.165) is 3.07 Å². The van der Waals surface area contributed by atoms with Crippen LogP contribution >= 0.6 is 16.5 Å². The number of hydrogen-bond acceptors (Lipinski definition) is 4. The van der Waals surface area contributed by atoms with Crippen molar-refractivity contribution in [3.8, 4) is 5.75 Å². The summed E-state index contributed by atoms with van der Waals surface area (Å²) in [5.74, 6) is -0.806. The Bertz CT molecular complexity index is 697. The van der Waals surface area contributed by atoms with E-state index in [0.29, 0.717) is 8.64 Å². The number of hydrogen-bond donors (Lipinski definition) is 2. The van der Waals surface area contributed by atoms with E-state index < -0.39 is 57.6 Å². The van der Waals surface area contributed by atoms with Crippen LogP contribution in [0.4, 0.5) is 5.69 Å². The maximum atomic E-state index is 10.4. The minimum atomic E-state index is -1.76. The number of carboxylic acids is 1. The fraction of sp³-hybridized carbons (Fsp3) is 0. The molecule has 0 fully saturated rings. The number of nitro benzene ring substituents is 1. The second-order valence-corrected chi connectivity index (χ2v) is 17.2. The van der Waals surface area contributed by atoms with Crippen molar-refractivity contribution in [3.63, 3.8) is 0 Å². The van der Waals surface area contributed by atoms with Crippen LogP contribution in [0.1, 0.15) is 10.4 Å². The number of carboxylic acid groups (broad SMARTS) is 1. The monoisotopic (exact) mass is 733 g/mol. The van der Waals surface area contributed by atoms with Crippen LogP contribution in [0.2, 0.25) is 0 Å². The van der Waals surface area contributed by atoms with E-state index in [1.807, 2.05) is 0 Å². The fourth-order valence-electron chi connectivity index (χ4n) is 1.53. The molecule has 6 nitrogen and oxygen atoms in total. The first-order valence-corrected chi connectivity index (χ1v) is 25.3. The minimum absolute atomic E-state index is 0.0107. The van der Waals surface area contributed by atoms with E-state index in [-0.39, 0.29) is 11.4 Å². The van der Waals surface area contributed by atoms with Gasteiger partial charge >= 0.3 is 165 Å². The van der Waals surface area contributed by atoms with Gasteiger partial charge < -0.3 is 0 Å². The van der Waals surface area contributed by atoms with Gasteiger partial charge in [0, 0.05) is 0 Å². The first-order valence-electron chi connectivity index (χ1n) is 6.29. The van der Waals surface area contributed by atoms with Gasteiger partial charge in [-0.15, -0.1) is 0 Å². The number of halogens is 2. The number of phenols is 1. The summed E-state index contributed by atoms with van der Waals surface area (Å²) in [5.41, 5.74) is 0.315. The molecular weight excluding hydrogens is 722 g/mol. The molecule has 0 aliphatic rings. The first-order chi connectivity index (χ1) is 10.9. The molecule has 0 bridgehead atoms. The summed E-state index contributed by atoms with van der Waals surface area (Å²) >= 11 is -3.08. The van der Waals surface area contributed by atoms with Crippen molar-refractivity contribution in [2.45, 2.75) is 0 Å². The number of aromatic carboxylic acids is 1.